The Bertz CT molecular complexity index is 853. The van der Waals surface area contributed by atoms with Crippen molar-refractivity contribution in [2.45, 2.75) is 44.7 Å². The van der Waals surface area contributed by atoms with Gasteiger partial charge in [0.2, 0.25) is 0 Å². The Morgan fingerprint density at radius 3 is 2.96 bits per heavy atom. The maximum absolute atomic E-state index is 13.6. The summed E-state index contributed by atoms with van der Waals surface area (Å²) in [6.45, 7) is 3.07. The van der Waals surface area contributed by atoms with Crippen LogP contribution < -0.4 is 10.1 Å². The Hall–Kier alpha value is -2.16. The molecule has 9 heteroatoms. The maximum atomic E-state index is 13.6. The van der Waals surface area contributed by atoms with E-state index in [1.165, 1.54) is 16.0 Å². The number of anilines is 1. The van der Waals surface area contributed by atoms with Gasteiger partial charge in [-0.25, -0.2) is 13.5 Å². The van der Waals surface area contributed by atoms with Crippen molar-refractivity contribution in [3.63, 3.8) is 0 Å². The van der Waals surface area contributed by atoms with Crippen molar-refractivity contribution in [3.05, 3.63) is 28.8 Å². The molecule has 0 radical (unpaired) electrons. The fourth-order valence-corrected chi connectivity index (χ4v) is 5.02. The first-order chi connectivity index (χ1) is 13.5. The number of nitrogens with one attached hydrogen (secondary N) is 1. The Kier molecular flexibility index (Phi) is 5.27. The third-order valence-corrected chi connectivity index (χ3v) is 6.63. The molecule has 2 aromatic rings. The second-order valence-electron chi connectivity index (χ2n) is 7.48. The second kappa shape index (κ2) is 7.69. The van der Waals surface area contributed by atoms with Gasteiger partial charge in [-0.2, -0.15) is 5.10 Å². The number of halogens is 2. The van der Waals surface area contributed by atoms with Crippen LogP contribution in [0.15, 0.2) is 18.2 Å². The molecule has 0 bridgehead atoms. The third kappa shape index (κ3) is 3.59. The number of aromatic nitrogens is 2. The van der Waals surface area contributed by atoms with E-state index in [9.17, 15) is 13.6 Å². The quantitative estimate of drug-likeness (QED) is 0.833. The molecule has 2 aromatic heterocycles. The number of carbonyl (C=O) groups excluding carboxylic acids is 1. The number of aryl methyl sites for hydroxylation is 1. The van der Waals surface area contributed by atoms with Crippen LogP contribution in [-0.2, 0) is 0 Å². The van der Waals surface area contributed by atoms with Crippen LogP contribution in [0.3, 0.4) is 0 Å². The van der Waals surface area contributed by atoms with Crippen LogP contribution in [0.1, 0.15) is 40.7 Å². The third-order valence-electron chi connectivity index (χ3n) is 5.60. The van der Waals surface area contributed by atoms with E-state index in [1.807, 2.05) is 11.0 Å². The Morgan fingerprint density at radius 1 is 1.43 bits per heavy atom. The van der Waals surface area contributed by atoms with E-state index in [4.69, 9.17) is 4.74 Å². The molecule has 28 heavy (non-hydrogen) atoms. The number of fused-ring (bicyclic) bond motifs is 1. The van der Waals surface area contributed by atoms with E-state index in [2.05, 4.69) is 10.4 Å². The lowest BCUT2D eigenvalue weighted by atomic mass is 9.86. The monoisotopic (exact) mass is 410 g/mol. The molecule has 1 fully saturated rings. The molecule has 2 aliphatic rings. The number of carbonyl (C=O) groups is 1. The summed E-state index contributed by atoms with van der Waals surface area (Å²) in [4.78, 5) is 15.3. The van der Waals surface area contributed by atoms with Crippen molar-refractivity contribution in [2.75, 3.05) is 25.5 Å². The fourth-order valence-electron chi connectivity index (χ4n) is 4.23. The smallest absolute Gasteiger partial charge is 0.264 e. The van der Waals surface area contributed by atoms with E-state index < -0.39 is 12.5 Å². The van der Waals surface area contributed by atoms with Crippen molar-refractivity contribution in [1.29, 1.82) is 0 Å². The molecule has 3 atom stereocenters. The van der Waals surface area contributed by atoms with Gasteiger partial charge in [-0.15, -0.1) is 0 Å². The summed E-state index contributed by atoms with van der Waals surface area (Å²) in [5.74, 6) is 0.760. The number of hydrogen-bond acceptors (Lipinski definition) is 5. The van der Waals surface area contributed by atoms with Gasteiger partial charge in [-0.05, 0) is 44.2 Å². The van der Waals surface area contributed by atoms with E-state index in [0.29, 0.717) is 35.3 Å². The average Bonchev–Trinajstić information content (AvgIpc) is 3.32. The lowest BCUT2D eigenvalue weighted by molar-refractivity contribution is 0.0507. The summed E-state index contributed by atoms with van der Waals surface area (Å²) in [5, 5.41) is 8.33. The van der Waals surface area contributed by atoms with Gasteiger partial charge in [0.15, 0.2) is 5.06 Å². The lowest BCUT2D eigenvalue weighted by Crippen LogP contribution is -2.48. The Morgan fingerprint density at radius 2 is 2.25 bits per heavy atom. The number of alkyl halides is 2. The molecule has 0 saturated carbocycles. The number of ether oxygens (including phenoxy) is 1. The van der Waals surface area contributed by atoms with E-state index >= 15 is 0 Å². The standard InChI is InChI=1S/C19H24F2N4O2S/c1-11-8-16-22-13(9-14(18(20)21)25(16)23-11)12-4-3-7-24(10-12)19(26)15-5-6-17(27-2)28-15/h5-6,8,12-14,18,22H,3-4,7,9-10H2,1-2H3/t12-,13-,14+/m0/s1. The Labute approximate surface area is 166 Å². The number of thiophene rings is 1. The summed E-state index contributed by atoms with van der Waals surface area (Å²) < 4.78 is 33.9. The van der Waals surface area contributed by atoms with Crippen LogP contribution in [-0.4, -0.2) is 53.3 Å². The highest BCUT2D eigenvalue weighted by molar-refractivity contribution is 7.15. The van der Waals surface area contributed by atoms with Crippen molar-refractivity contribution < 1.29 is 18.3 Å². The summed E-state index contributed by atoms with van der Waals surface area (Å²) in [6.07, 6.45) is -0.374. The zero-order valence-corrected chi connectivity index (χ0v) is 16.7. The molecule has 152 valence electrons. The lowest BCUT2D eigenvalue weighted by Gasteiger charge is -2.41. The van der Waals surface area contributed by atoms with Crippen molar-refractivity contribution in [2.24, 2.45) is 5.92 Å². The van der Waals surface area contributed by atoms with Crippen molar-refractivity contribution in [3.8, 4) is 5.06 Å². The van der Waals surface area contributed by atoms with Gasteiger partial charge in [0.05, 0.1) is 17.7 Å². The van der Waals surface area contributed by atoms with Crippen LogP contribution in [0.4, 0.5) is 14.6 Å². The number of rotatable bonds is 4. The fraction of sp³-hybridized carbons (Fsp3) is 0.579. The van der Waals surface area contributed by atoms with Crippen LogP contribution in [0.2, 0.25) is 0 Å². The molecule has 1 amide bonds. The summed E-state index contributed by atoms with van der Waals surface area (Å²) in [5.41, 5.74) is 0.723. The molecule has 1 N–H and O–H groups in total. The predicted molar refractivity (Wildman–Crippen MR) is 104 cm³/mol. The molecule has 1 saturated heterocycles. The zero-order chi connectivity index (χ0) is 19.8. The number of likely N-dealkylation sites (tertiary alicyclic amines) is 1. The van der Waals surface area contributed by atoms with Gasteiger partial charge >= 0.3 is 0 Å². The molecule has 2 aliphatic heterocycles. The SMILES string of the molecule is COc1ccc(C(=O)N2CCC[C@H]([C@@H]3C[C@H](C(F)F)n4nc(C)cc4N3)C2)s1. The van der Waals surface area contributed by atoms with Crippen LogP contribution in [0.5, 0.6) is 5.06 Å². The van der Waals surface area contributed by atoms with Gasteiger partial charge in [-0.1, -0.05) is 11.3 Å². The summed E-state index contributed by atoms with van der Waals surface area (Å²) in [6, 6.07) is 4.35. The van der Waals surface area contributed by atoms with Gasteiger partial charge in [0.25, 0.3) is 12.3 Å². The molecule has 0 unspecified atom stereocenters. The highest BCUT2D eigenvalue weighted by Gasteiger charge is 2.39. The van der Waals surface area contributed by atoms with Gasteiger partial charge in [0.1, 0.15) is 11.9 Å². The van der Waals surface area contributed by atoms with Crippen molar-refractivity contribution in [1.82, 2.24) is 14.7 Å². The molecular formula is C19H24F2N4O2S. The highest BCUT2D eigenvalue weighted by atomic mass is 32.1. The molecule has 4 rings (SSSR count). The van der Waals surface area contributed by atoms with Crippen molar-refractivity contribution >= 4 is 23.1 Å². The van der Waals surface area contributed by atoms with E-state index in [1.54, 1.807) is 26.2 Å². The predicted octanol–water partition coefficient (Wildman–Crippen LogP) is 3.80. The average molecular weight is 410 g/mol. The minimum atomic E-state index is -2.47. The molecule has 6 nitrogen and oxygen atoms in total. The van der Waals surface area contributed by atoms with Gasteiger partial charge in [0, 0.05) is 25.2 Å². The number of hydrogen-bond donors (Lipinski definition) is 1. The minimum Gasteiger partial charge on any atom is -0.487 e. The number of methoxy groups -OCH3 is 1. The first-order valence-corrected chi connectivity index (χ1v) is 10.3. The molecular weight excluding hydrogens is 386 g/mol. The topological polar surface area (TPSA) is 59.4 Å². The molecule has 0 aromatic carbocycles. The molecule has 4 heterocycles. The van der Waals surface area contributed by atoms with Crippen LogP contribution in [0.25, 0.3) is 0 Å². The molecule has 0 spiro atoms. The van der Waals surface area contributed by atoms with E-state index in [0.717, 1.165) is 18.5 Å². The summed E-state index contributed by atoms with van der Waals surface area (Å²) >= 11 is 1.33. The van der Waals surface area contributed by atoms with Crippen LogP contribution >= 0.6 is 11.3 Å². The zero-order valence-electron chi connectivity index (χ0n) is 15.9. The number of nitrogens with zero attached hydrogens (tertiary/aromatic N) is 3. The van der Waals surface area contributed by atoms with E-state index in [-0.39, 0.29) is 17.9 Å². The first kappa shape index (κ1) is 19.2. The summed E-state index contributed by atoms with van der Waals surface area (Å²) in [7, 11) is 1.58. The first-order valence-electron chi connectivity index (χ1n) is 9.50. The largest absolute Gasteiger partial charge is 0.487 e. The van der Waals surface area contributed by atoms with Gasteiger partial charge < -0.3 is 15.0 Å². The highest BCUT2D eigenvalue weighted by Crippen LogP contribution is 2.37. The number of amides is 1. The minimum absolute atomic E-state index is 0.0138. The normalized spacial score (nSPS) is 24.8. The number of piperidine rings is 1. The van der Waals surface area contributed by atoms with Crippen LogP contribution in [0, 0.1) is 12.8 Å². The second-order valence-corrected chi connectivity index (χ2v) is 8.53. The Balaban J connectivity index is 1.49. The van der Waals surface area contributed by atoms with Gasteiger partial charge in [-0.3, -0.25) is 4.79 Å². The molecule has 0 aliphatic carbocycles. The maximum Gasteiger partial charge on any atom is 0.264 e.